The first-order chi connectivity index (χ1) is 14.0. The summed E-state index contributed by atoms with van der Waals surface area (Å²) in [6.07, 6.45) is 2.22. The zero-order valence-corrected chi connectivity index (χ0v) is 16.9. The molecule has 0 aliphatic carbocycles. The van der Waals surface area contributed by atoms with Gasteiger partial charge in [0.15, 0.2) is 0 Å². The lowest BCUT2D eigenvalue weighted by atomic mass is 9.99. The van der Waals surface area contributed by atoms with Gasteiger partial charge >= 0.3 is 0 Å². The van der Waals surface area contributed by atoms with Crippen molar-refractivity contribution in [2.24, 2.45) is 5.92 Å². The molecule has 0 saturated carbocycles. The topological polar surface area (TPSA) is 62.6 Å². The zero-order chi connectivity index (χ0) is 20.4. The van der Waals surface area contributed by atoms with E-state index in [9.17, 15) is 9.59 Å². The molecule has 2 amide bonds. The van der Waals surface area contributed by atoms with Crippen molar-refractivity contribution in [3.63, 3.8) is 0 Å². The van der Waals surface area contributed by atoms with Crippen molar-refractivity contribution in [2.45, 2.75) is 33.1 Å². The minimum Gasteiger partial charge on any atom is -0.449 e. The number of hydrogen-bond donors (Lipinski definition) is 1. The molecule has 5 nitrogen and oxygen atoms in total. The van der Waals surface area contributed by atoms with Crippen LogP contribution in [0.2, 0.25) is 0 Å². The highest BCUT2D eigenvalue weighted by molar-refractivity contribution is 6.11. The van der Waals surface area contributed by atoms with Crippen molar-refractivity contribution < 1.29 is 14.0 Å². The second-order valence-electron chi connectivity index (χ2n) is 7.99. The van der Waals surface area contributed by atoms with Crippen LogP contribution in [-0.2, 0) is 11.2 Å². The van der Waals surface area contributed by atoms with Gasteiger partial charge in [0, 0.05) is 18.5 Å². The van der Waals surface area contributed by atoms with Crippen LogP contribution in [0.3, 0.4) is 0 Å². The van der Waals surface area contributed by atoms with Gasteiger partial charge in [0.25, 0.3) is 5.91 Å². The third kappa shape index (κ3) is 4.19. The predicted molar refractivity (Wildman–Crippen MR) is 114 cm³/mol. The molecule has 0 atom stereocenters. The highest BCUT2D eigenvalue weighted by Crippen LogP contribution is 2.32. The molecule has 5 heteroatoms. The Bertz CT molecular complexity index is 1050. The lowest BCUT2D eigenvalue weighted by Crippen LogP contribution is -2.38. The van der Waals surface area contributed by atoms with E-state index in [2.05, 4.69) is 12.2 Å². The monoisotopic (exact) mass is 390 g/mol. The summed E-state index contributed by atoms with van der Waals surface area (Å²) in [5.41, 5.74) is 3.13. The van der Waals surface area contributed by atoms with E-state index in [0.29, 0.717) is 30.3 Å². The van der Waals surface area contributed by atoms with E-state index in [0.717, 1.165) is 29.4 Å². The van der Waals surface area contributed by atoms with Gasteiger partial charge in [-0.1, -0.05) is 48.9 Å². The maximum absolute atomic E-state index is 13.2. The molecule has 0 bridgehead atoms. The molecule has 0 radical (unpaired) electrons. The molecule has 4 rings (SSSR count). The summed E-state index contributed by atoms with van der Waals surface area (Å²) in [7, 11) is 0. The lowest BCUT2D eigenvalue weighted by molar-refractivity contribution is -0.115. The lowest BCUT2D eigenvalue weighted by Gasteiger charge is -2.29. The summed E-state index contributed by atoms with van der Waals surface area (Å²) in [5, 5.41) is 3.70. The van der Waals surface area contributed by atoms with Gasteiger partial charge in [-0.15, -0.1) is 0 Å². The van der Waals surface area contributed by atoms with Crippen molar-refractivity contribution in [1.29, 1.82) is 0 Å². The van der Waals surface area contributed by atoms with Crippen LogP contribution in [0.25, 0.3) is 11.0 Å². The highest BCUT2D eigenvalue weighted by Gasteiger charge is 2.28. The van der Waals surface area contributed by atoms with Gasteiger partial charge in [-0.05, 0) is 43.4 Å². The van der Waals surface area contributed by atoms with Crippen LogP contribution in [0.15, 0.2) is 52.9 Å². The number of anilines is 1. The van der Waals surface area contributed by atoms with E-state index in [1.54, 1.807) is 0 Å². The highest BCUT2D eigenvalue weighted by atomic mass is 16.3. The molecule has 1 aliphatic heterocycles. The van der Waals surface area contributed by atoms with E-state index >= 15 is 0 Å². The SMILES string of the molecule is Cc1cccc(CC(=O)Nc2c(C(=O)N3CCC(C)CC3)oc3ccccc23)c1. The number of furan rings is 1. The van der Waals surface area contributed by atoms with Gasteiger partial charge in [-0.2, -0.15) is 0 Å². The third-order valence-corrected chi connectivity index (χ3v) is 5.57. The normalized spacial score (nSPS) is 14.9. The largest absolute Gasteiger partial charge is 0.449 e. The van der Waals surface area contributed by atoms with E-state index in [1.165, 1.54) is 0 Å². The average Bonchev–Trinajstić information content (AvgIpc) is 3.06. The van der Waals surface area contributed by atoms with Gasteiger partial charge in [0.2, 0.25) is 11.7 Å². The Morgan fingerprint density at radius 1 is 1.10 bits per heavy atom. The number of amides is 2. The summed E-state index contributed by atoms with van der Waals surface area (Å²) in [6.45, 7) is 5.64. The number of carbonyl (C=O) groups excluding carboxylic acids is 2. The minimum atomic E-state index is -0.163. The Kier molecular flexibility index (Phi) is 5.38. The van der Waals surface area contributed by atoms with Crippen molar-refractivity contribution in [1.82, 2.24) is 4.90 Å². The first kappa shape index (κ1) is 19.2. The van der Waals surface area contributed by atoms with Gasteiger partial charge in [0.1, 0.15) is 11.3 Å². The molecule has 0 spiro atoms. The number of likely N-dealkylation sites (tertiary alicyclic amines) is 1. The van der Waals surface area contributed by atoms with Crippen molar-refractivity contribution in [3.8, 4) is 0 Å². The van der Waals surface area contributed by atoms with Gasteiger partial charge in [-0.3, -0.25) is 9.59 Å². The number of nitrogens with one attached hydrogen (secondary N) is 1. The number of piperidine rings is 1. The zero-order valence-electron chi connectivity index (χ0n) is 16.9. The van der Waals surface area contributed by atoms with Gasteiger partial charge < -0.3 is 14.6 Å². The first-order valence-corrected chi connectivity index (χ1v) is 10.2. The van der Waals surface area contributed by atoms with Crippen LogP contribution >= 0.6 is 0 Å². The Morgan fingerprint density at radius 2 is 1.86 bits per heavy atom. The fourth-order valence-corrected chi connectivity index (χ4v) is 3.87. The smallest absolute Gasteiger partial charge is 0.291 e. The molecule has 1 fully saturated rings. The molecular formula is C24H26N2O3. The second kappa shape index (κ2) is 8.11. The quantitative estimate of drug-likeness (QED) is 0.696. The standard InChI is InChI=1S/C24H26N2O3/c1-16-10-12-26(13-11-16)24(28)23-22(19-8-3-4-9-20(19)29-23)25-21(27)15-18-7-5-6-17(2)14-18/h3-9,14,16H,10-13,15H2,1-2H3,(H,25,27). The Labute approximate surface area is 170 Å². The molecule has 0 unspecified atom stereocenters. The van der Waals surface area contributed by atoms with Crippen LogP contribution in [0.4, 0.5) is 5.69 Å². The number of carbonyl (C=O) groups is 2. The fourth-order valence-electron chi connectivity index (χ4n) is 3.87. The molecule has 1 aliphatic rings. The summed E-state index contributed by atoms with van der Waals surface area (Å²) in [4.78, 5) is 27.7. The number of aryl methyl sites for hydroxylation is 1. The Morgan fingerprint density at radius 3 is 2.62 bits per heavy atom. The molecule has 29 heavy (non-hydrogen) atoms. The maximum Gasteiger partial charge on any atom is 0.291 e. The van der Waals surface area contributed by atoms with Crippen LogP contribution in [0.1, 0.15) is 41.4 Å². The number of para-hydroxylation sites is 1. The third-order valence-electron chi connectivity index (χ3n) is 5.57. The second-order valence-corrected chi connectivity index (χ2v) is 7.99. The Balaban J connectivity index is 1.61. The van der Waals surface area contributed by atoms with E-state index in [1.807, 2.05) is 60.4 Å². The first-order valence-electron chi connectivity index (χ1n) is 10.2. The summed E-state index contributed by atoms with van der Waals surface area (Å²) < 4.78 is 5.91. The number of hydrogen-bond acceptors (Lipinski definition) is 3. The maximum atomic E-state index is 13.2. The molecular weight excluding hydrogens is 364 g/mol. The summed E-state index contributed by atoms with van der Waals surface area (Å²) >= 11 is 0. The molecule has 150 valence electrons. The Hall–Kier alpha value is -3.08. The van der Waals surface area contributed by atoms with Gasteiger partial charge in [0.05, 0.1) is 6.42 Å². The van der Waals surface area contributed by atoms with Crippen molar-refractivity contribution in [2.75, 3.05) is 18.4 Å². The fraction of sp³-hybridized carbons (Fsp3) is 0.333. The number of benzene rings is 2. The molecule has 1 N–H and O–H groups in total. The van der Waals surface area contributed by atoms with E-state index in [4.69, 9.17) is 4.42 Å². The number of nitrogens with zero attached hydrogens (tertiary/aromatic N) is 1. The predicted octanol–water partition coefficient (Wildman–Crippen LogP) is 4.79. The molecule has 2 heterocycles. The molecule has 1 saturated heterocycles. The van der Waals surface area contributed by atoms with E-state index < -0.39 is 0 Å². The summed E-state index contributed by atoms with van der Waals surface area (Å²) in [5.74, 6) is 0.531. The van der Waals surface area contributed by atoms with Crippen LogP contribution in [-0.4, -0.2) is 29.8 Å². The van der Waals surface area contributed by atoms with Crippen molar-refractivity contribution >= 4 is 28.5 Å². The average molecular weight is 390 g/mol. The van der Waals surface area contributed by atoms with Crippen LogP contribution < -0.4 is 5.32 Å². The molecule has 3 aromatic rings. The van der Waals surface area contributed by atoms with Crippen LogP contribution in [0.5, 0.6) is 0 Å². The van der Waals surface area contributed by atoms with Crippen molar-refractivity contribution in [3.05, 3.63) is 65.4 Å². The number of rotatable bonds is 4. The summed E-state index contributed by atoms with van der Waals surface area (Å²) in [6, 6.07) is 15.3. The van der Waals surface area contributed by atoms with Gasteiger partial charge in [-0.25, -0.2) is 0 Å². The number of fused-ring (bicyclic) bond motifs is 1. The van der Waals surface area contributed by atoms with E-state index in [-0.39, 0.29) is 24.0 Å². The minimum absolute atomic E-state index is 0.154. The van der Waals surface area contributed by atoms with Crippen LogP contribution in [0, 0.1) is 12.8 Å². The molecule has 1 aromatic heterocycles. The molecule has 2 aromatic carbocycles.